The summed E-state index contributed by atoms with van der Waals surface area (Å²) in [4.78, 5) is 10.4. The van der Waals surface area contributed by atoms with Gasteiger partial charge in [0.25, 0.3) is 0 Å². The monoisotopic (exact) mass is 151 g/mol. The lowest BCUT2D eigenvalue weighted by Gasteiger charge is -2.10. The van der Waals surface area contributed by atoms with E-state index in [0.29, 0.717) is 0 Å². The molecule has 3 nitrogen and oxygen atoms in total. The van der Waals surface area contributed by atoms with Crippen molar-refractivity contribution in [2.24, 2.45) is 0 Å². The standard InChI is InChI=1S/C8H13N3/c1-6-5-7(2)10-8(9-6)11(3)4/h5H,1-4H3. The average molecular weight is 151 g/mol. The lowest BCUT2D eigenvalue weighted by molar-refractivity contribution is 0.956. The second kappa shape index (κ2) is 2.86. The van der Waals surface area contributed by atoms with Crippen molar-refractivity contribution in [1.29, 1.82) is 0 Å². The van der Waals surface area contributed by atoms with Crippen molar-refractivity contribution in [3.05, 3.63) is 17.5 Å². The number of aryl methyl sites for hydroxylation is 2. The molecule has 0 atom stereocenters. The van der Waals surface area contributed by atoms with E-state index in [2.05, 4.69) is 9.97 Å². The molecule has 60 valence electrons. The van der Waals surface area contributed by atoms with E-state index in [4.69, 9.17) is 0 Å². The molecule has 0 fully saturated rings. The molecule has 0 N–H and O–H groups in total. The molecule has 0 aliphatic rings. The number of nitrogens with zero attached hydrogens (tertiary/aromatic N) is 3. The third kappa shape index (κ3) is 1.90. The van der Waals surface area contributed by atoms with Crippen molar-refractivity contribution in [2.75, 3.05) is 19.0 Å². The van der Waals surface area contributed by atoms with Crippen LogP contribution in [0.15, 0.2) is 6.07 Å². The second-order valence-corrected chi connectivity index (χ2v) is 2.85. The summed E-state index contributed by atoms with van der Waals surface area (Å²) in [6.07, 6.45) is 0. The fourth-order valence-electron chi connectivity index (χ4n) is 0.907. The summed E-state index contributed by atoms with van der Waals surface area (Å²) in [5.41, 5.74) is 2.03. The molecule has 0 saturated heterocycles. The summed E-state index contributed by atoms with van der Waals surface area (Å²) in [5, 5.41) is 0. The van der Waals surface area contributed by atoms with Crippen LogP contribution in [-0.2, 0) is 0 Å². The first-order valence-electron chi connectivity index (χ1n) is 3.59. The van der Waals surface area contributed by atoms with Gasteiger partial charge in [-0.3, -0.25) is 0 Å². The molecule has 1 aromatic rings. The Morgan fingerprint density at radius 3 is 1.91 bits per heavy atom. The van der Waals surface area contributed by atoms with Gasteiger partial charge in [-0.05, 0) is 19.9 Å². The van der Waals surface area contributed by atoms with Gasteiger partial charge in [0.15, 0.2) is 0 Å². The molecule has 1 aromatic heterocycles. The van der Waals surface area contributed by atoms with E-state index in [9.17, 15) is 0 Å². The predicted molar refractivity (Wildman–Crippen MR) is 45.8 cm³/mol. The van der Waals surface area contributed by atoms with Crippen LogP contribution in [0.25, 0.3) is 0 Å². The highest BCUT2D eigenvalue weighted by Gasteiger charge is 1.99. The first-order valence-corrected chi connectivity index (χ1v) is 3.59. The van der Waals surface area contributed by atoms with Gasteiger partial charge in [-0.15, -0.1) is 0 Å². The molecule has 1 heterocycles. The smallest absolute Gasteiger partial charge is 0.225 e. The van der Waals surface area contributed by atoms with Gasteiger partial charge in [0.1, 0.15) is 0 Å². The molecule has 0 unspecified atom stereocenters. The number of anilines is 1. The van der Waals surface area contributed by atoms with Crippen LogP contribution in [0.5, 0.6) is 0 Å². The van der Waals surface area contributed by atoms with Crippen molar-refractivity contribution in [2.45, 2.75) is 13.8 Å². The van der Waals surface area contributed by atoms with Gasteiger partial charge < -0.3 is 4.90 Å². The minimum absolute atomic E-state index is 0.780. The highest BCUT2D eigenvalue weighted by atomic mass is 15.2. The lowest BCUT2D eigenvalue weighted by atomic mass is 10.4. The molecule has 0 aliphatic carbocycles. The fourth-order valence-corrected chi connectivity index (χ4v) is 0.907. The molecule has 0 radical (unpaired) electrons. The van der Waals surface area contributed by atoms with Gasteiger partial charge >= 0.3 is 0 Å². The van der Waals surface area contributed by atoms with Gasteiger partial charge in [0, 0.05) is 25.5 Å². The summed E-state index contributed by atoms with van der Waals surface area (Å²) in [7, 11) is 3.88. The average Bonchev–Trinajstić information content (AvgIpc) is 1.85. The molecule has 0 spiro atoms. The number of hydrogen-bond acceptors (Lipinski definition) is 3. The minimum atomic E-state index is 0.780. The van der Waals surface area contributed by atoms with Gasteiger partial charge in [0.2, 0.25) is 5.95 Å². The first kappa shape index (κ1) is 7.98. The quantitative estimate of drug-likeness (QED) is 0.603. The van der Waals surface area contributed by atoms with Crippen molar-refractivity contribution >= 4 is 5.95 Å². The SMILES string of the molecule is Cc1cc(C)nc(N(C)C)n1. The normalized spacial score (nSPS) is 9.82. The van der Waals surface area contributed by atoms with Crippen molar-refractivity contribution < 1.29 is 0 Å². The summed E-state index contributed by atoms with van der Waals surface area (Å²) in [5.74, 6) is 0.780. The molecule has 11 heavy (non-hydrogen) atoms. The fraction of sp³-hybridized carbons (Fsp3) is 0.500. The van der Waals surface area contributed by atoms with E-state index in [0.717, 1.165) is 17.3 Å². The third-order valence-electron chi connectivity index (χ3n) is 1.37. The molecule has 3 heteroatoms. The summed E-state index contributed by atoms with van der Waals surface area (Å²) in [6, 6.07) is 1.97. The van der Waals surface area contributed by atoms with Gasteiger partial charge in [-0.2, -0.15) is 0 Å². The van der Waals surface area contributed by atoms with Crippen LogP contribution in [0, 0.1) is 13.8 Å². The molecular formula is C8H13N3. The van der Waals surface area contributed by atoms with Crippen molar-refractivity contribution in [3.63, 3.8) is 0 Å². The van der Waals surface area contributed by atoms with Gasteiger partial charge in [-0.25, -0.2) is 9.97 Å². The molecule has 0 aliphatic heterocycles. The van der Waals surface area contributed by atoms with Crippen LogP contribution in [0.3, 0.4) is 0 Å². The van der Waals surface area contributed by atoms with E-state index in [1.54, 1.807) is 0 Å². The zero-order chi connectivity index (χ0) is 8.43. The van der Waals surface area contributed by atoms with Crippen LogP contribution in [0.2, 0.25) is 0 Å². The molecule has 0 amide bonds. The van der Waals surface area contributed by atoms with Gasteiger partial charge in [0.05, 0.1) is 0 Å². The molecule has 0 aromatic carbocycles. The molecular weight excluding hydrogens is 138 g/mol. The Bertz CT molecular complexity index is 235. The predicted octanol–water partition coefficient (Wildman–Crippen LogP) is 1.16. The minimum Gasteiger partial charge on any atom is -0.347 e. The number of aromatic nitrogens is 2. The number of rotatable bonds is 1. The number of hydrogen-bond donors (Lipinski definition) is 0. The Balaban J connectivity index is 3.08. The Labute approximate surface area is 67.1 Å². The Hall–Kier alpha value is -1.12. The zero-order valence-corrected chi connectivity index (χ0v) is 7.42. The topological polar surface area (TPSA) is 29.0 Å². The van der Waals surface area contributed by atoms with Crippen molar-refractivity contribution in [3.8, 4) is 0 Å². The third-order valence-corrected chi connectivity index (χ3v) is 1.37. The van der Waals surface area contributed by atoms with Gasteiger partial charge in [-0.1, -0.05) is 0 Å². The Morgan fingerprint density at radius 2 is 1.55 bits per heavy atom. The Morgan fingerprint density at radius 1 is 1.09 bits per heavy atom. The largest absolute Gasteiger partial charge is 0.347 e. The summed E-state index contributed by atoms with van der Waals surface area (Å²) >= 11 is 0. The molecule has 1 rings (SSSR count). The van der Waals surface area contributed by atoms with Crippen LogP contribution in [0.1, 0.15) is 11.4 Å². The summed E-state index contributed by atoms with van der Waals surface area (Å²) in [6.45, 7) is 3.95. The van der Waals surface area contributed by atoms with E-state index < -0.39 is 0 Å². The van der Waals surface area contributed by atoms with Crippen LogP contribution >= 0.6 is 0 Å². The maximum atomic E-state index is 4.25. The van der Waals surface area contributed by atoms with E-state index in [1.165, 1.54) is 0 Å². The van der Waals surface area contributed by atoms with Crippen molar-refractivity contribution in [1.82, 2.24) is 9.97 Å². The Kier molecular flexibility index (Phi) is 2.08. The first-order chi connectivity index (χ1) is 5.09. The highest BCUT2D eigenvalue weighted by Crippen LogP contribution is 2.05. The summed E-state index contributed by atoms with van der Waals surface area (Å²) < 4.78 is 0. The van der Waals surface area contributed by atoms with Crippen LogP contribution < -0.4 is 4.90 Å². The lowest BCUT2D eigenvalue weighted by Crippen LogP contribution is -2.13. The molecule has 0 saturated carbocycles. The molecule has 0 bridgehead atoms. The van der Waals surface area contributed by atoms with Crippen LogP contribution in [0.4, 0.5) is 5.95 Å². The van der Waals surface area contributed by atoms with E-state index in [-0.39, 0.29) is 0 Å². The maximum Gasteiger partial charge on any atom is 0.225 e. The highest BCUT2D eigenvalue weighted by molar-refractivity contribution is 5.29. The second-order valence-electron chi connectivity index (χ2n) is 2.85. The van der Waals surface area contributed by atoms with E-state index >= 15 is 0 Å². The maximum absolute atomic E-state index is 4.25. The van der Waals surface area contributed by atoms with E-state index in [1.807, 2.05) is 38.9 Å². The van der Waals surface area contributed by atoms with Crippen LogP contribution in [-0.4, -0.2) is 24.1 Å². The zero-order valence-electron chi connectivity index (χ0n) is 7.42.